The van der Waals surface area contributed by atoms with Crippen LogP contribution in [0.2, 0.25) is 0 Å². The number of aromatic nitrogens is 1. The summed E-state index contributed by atoms with van der Waals surface area (Å²) in [6.07, 6.45) is 1.44. The molecule has 0 saturated carbocycles. The van der Waals surface area contributed by atoms with Crippen LogP contribution in [0.3, 0.4) is 0 Å². The molecule has 0 aliphatic carbocycles. The van der Waals surface area contributed by atoms with Gasteiger partial charge in [0.2, 0.25) is 0 Å². The van der Waals surface area contributed by atoms with E-state index in [-0.39, 0.29) is 23.1 Å². The third-order valence-electron chi connectivity index (χ3n) is 2.21. The van der Waals surface area contributed by atoms with E-state index >= 15 is 0 Å². The molecule has 20 heavy (non-hydrogen) atoms. The van der Waals surface area contributed by atoms with Crippen LogP contribution in [0.1, 0.15) is 15.2 Å². The van der Waals surface area contributed by atoms with Crippen molar-refractivity contribution in [2.45, 2.75) is 0 Å². The van der Waals surface area contributed by atoms with Crippen molar-refractivity contribution < 1.29 is 19.4 Å². The van der Waals surface area contributed by atoms with Crippen LogP contribution in [0.4, 0.5) is 9.52 Å². The van der Waals surface area contributed by atoms with Crippen molar-refractivity contribution in [2.75, 3.05) is 11.9 Å². The van der Waals surface area contributed by atoms with Gasteiger partial charge in [0.25, 0.3) is 5.91 Å². The summed E-state index contributed by atoms with van der Waals surface area (Å²) in [7, 11) is 0. The van der Waals surface area contributed by atoms with Crippen molar-refractivity contribution in [3.05, 3.63) is 40.7 Å². The maximum atomic E-state index is 13.5. The molecule has 7 heteroatoms. The number of carbonyl (C=O) groups is 1. The highest BCUT2D eigenvalue weighted by molar-refractivity contribution is 7.16. The van der Waals surface area contributed by atoms with Crippen LogP contribution in [0.25, 0.3) is 0 Å². The number of amides is 1. The monoisotopic (exact) mass is 292 g/mol. The second kappa shape index (κ2) is 6.14. The highest BCUT2D eigenvalue weighted by Gasteiger charge is 2.13. The van der Waals surface area contributed by atoms with E-state index in [9.17, 15) is 9.18 Å². The average Bonchev–Trinajstić information content (AvgIpc) is 2.83. The quantitative estimate of drug-likeness (QED) is 0.734. The molecular formula is C13H9FN2O3S. The largest absolute Gasteiger partial charge is 0.508 e. The van der Waals surface area contributed by atoms with Crippen LogP contribution in [0.15, 0.2) is 24.4 Å². The fourth-order valence-electron chi connectivity index (χ4n) is 1.37. The molecule has 0 spiro atoms. The summed E-state index contributed by atoms with van der Waals surface area (Å²) in [5, 5.41) is 20.3. The number of halogens is 1. The number of rotatable bonds is 2. The van der Waals surface area contributed by atoms with Gasteiger partial charge in [-0.25, -0.2) is 9.37 Å². The molecule has 0 fully saturated rings. The molecule has 3 N–H and O–H groups in total. The lowest BCUT2D eigenvalue weighted by atomic mass is 10.2. The number of aromatic hydroxyl groups is 1. The van der Waals surface area contributed by atoms with Crippen LogP contribution < -0.4 is 5.32 Å². The summed E-state index contributed by atoms with van der Waals surface area (Å²) in [6, 6.07) is 3.26. The molecule has 0 aliphatic rings. The Morgan fingerprint density at radius 1 is 1.50 bits per heavy atom. The topological polar surface area (TPSA) is 82.5 Å². The molecule has 0 bridgehead atoms. The number of thiazole rings is 1. The Bertz CT molecular complexity index is 703. The van der Waals surface area contributed by atoms with Gasteiger partial charge in [-0.1, -0.05) is 23.2 Å². The molecule has 1 heterocycles. The summed E-state index contributed by atoms with van der Waals surface area (Å²) in [5.74, 6) is 3.36. The van der Waals surface area contributed by atoms with Crippen LogP contribution >= 0.6 is 11.3 Å². The summed E-state index contributed by atoms with van der Waals surface area (Å²) < 4.78 is 13.5. The molecule has 1 aromatic carbocycles. The molecule has 0 aliphatic heterocycles. The van der Waals surface area contributed by atoms with Gasteiger partial charge in [0, 0.05) is 6.07 Å². The molecule has 1 amide bonds. The number of hydrogen-bond acceptors (Lipinski definition) is 5. The van der Waals surface area contributed by atoms with E-state index in [0.717, 1.165) is 17.4 Å². The number of nitrogens with one attached hydrogen (secondary N) is 1. The molecule has 0 radical (unpaired) electrons. The molecule has 2 aromatic rings. The summed E-state index contributed by atoms with van der Waals surface area (Å²) >= 11 is 1.11. The van der Waals surface area contributed by atoms with Gasteiger partial charge in [-0.3, -0.25) is 10.1 Å². The van der Waals surface area contributed by atoms with Gasteiger partial charge in [-0.15, -0.1) is 0 Å². The first-order valence-electron chi connectivity index (χ1n) is 5.45. The van der Waals surface area contributed by atoms with E-state index in [1.165, 1.54) is 18.3 Å². The van der Waals surface area contributed by atoms with Crippen molar-refractivity contribution in [3.8, 4) is 17.6 Å². The fraction of sp³-hybridized carbons (Fsp3) is 0.0769. The first-order valence-corrected chi connectivity index (χ1v) is 6.27. The van der Waals surface area contributed by atoms with E-state index < -0.39 is 11.7 Å². The van der Waals surface area contributed by atoms with Gasteiger partial charge >= 0.3 is 0 Å². The Labute approximate surface area is 117 Å². The second-order valence-corrected chi connectivity index (χ2v) is 4.64. The minimum absolute atomic E-state index is 0.194. The minimum Gasteiger partial charge on any atom is -0.508 e. The predicted octanol–water partition coefficient (Wildman–Crippen LogP) is 1.58. The predicted molar refractivity (Wildman–Crippen MR) is 72.1 cm³/mol. The maximum absolute atomic E-state index is 13.5. The molecule has 1 aromatic heterocycles. The zero-order chi connectivity index (χ0) is 14.5. The standard InChI is InChI=1S/C13H9FN2O3S/c14-11-6-8(18)3-4-10(11)12(19)16-13-15-7-9(20-13)2-1-5-17/h3-4,6-7,17-18H,5H2,(H,15,16,19). The third kappa shape index (κ3) is 3.32. The zero-order valence-electron chi connectivity index (χ0n) is 10.1. The molecule has 0 unspecified atom stereocenters. The van der Waals surface area contributed by atoms with Gasteiger partial charge in [-0.05, 0) is 12.1 Å². The van der Waals surface area contributed by atoms with Crippen LogP contribution in [-0.2, 0) is 0 Å². The highest BCUT2D eigenvalue weighted by Crippen LogP contribution is 2.20. The lowest BCUT2D eigenvalue weighted by Crippen LogP contribution is -2.13. The lowest BCUT2D eigenvalue weighted by Gasteiger charge is -2.03. The number of aliphatic hydroxyl groups excluding tert-OH is 1. The van der Waals surface area contributed by atoms with E-state index in [0.29, 0.717) is 4.88 Å². The Morgan fingerprint density at radius 2 is 2.30 bits per heavy atom. The Kier molecular flexibility index (Phi) is 4.30. The van der Waals surface area contributed by atoms with Crippen molar-refractivity contribution in [2.24, 2.45) is 0 Å². The SMILES string of the molecule is O=C(Nc1ncc(C#CCO)s1)c1ccc(O)cc1F. The number of anilines is 1. The van der Waals surface area contributed by atoms with Gasteiger partial charge in [-0.2, -0.15) is 0 Å². The number of phenols is 1. The van der Waals surface area contributed by atoms with Gasteiger partial charge < -0.3 is 10.2 Å². The van der Waals surface area contributed by atoms with Crippen molar-refractivity contribution in [3.63, 3.8) is 0 Å². The van der Waals surface area contributed by atoms with E-state index in [2.05, 4.69) is 22.1 Å². The first kappa shape index (κ1) is 14.0. The minimum atomic E-state index is -0.820. The van der Waals surface area contributed by atoms with E-state index in [1.807, 2.05) is 0 Å². The normalized spacial score (nSPS) is 9.70. The molecule has 0 saturated heterocycles. The smallest absolute Gasteiger partial charge is 0.260 e. The van der Waals surface area contributed by atoms with Crippen molar-refractivity contribution in [1.82, 2.24) is 4.98 Å². The Balaban J connectivity index is 2.13. The van der Waals surface area contributed by atoms with Crippen LogP contribution in [0, 0.1) is 17.7 Å². The number of carbonyl (C=O) groups excluding carboxylic acids is 1. The maximum Gasteiger partial charge on any atom is 0.260 e. The van der Waals surface area contributed by atoms with Gasteiger partial charge in [0.1, 0.15) is 18.2 Å². The Morgan fingerprint density at radius 3 is 3.00 bits per heavy atom. The fourth-order valence-corrected chi connectivity index (χ4v) is 2.06. The average molecular weight is 292 g/mol. The number of nitrogens with zero attached hydrogens (tertiary/aromatic N) is 1. The first-order chi connectivity index (χ1) is 9.60. The lowest BCUT2D eigenvalue weighted by molar-refractivity contribution is 0.102. The molecule has 5 nitrogen and oxygen atoms in total. The van der Waals surface area contributed by atoms with E-state index in [4.69, 9.17) is 10.2 Å². The zero-order valence-corrected chi connectivity index (χ0v) is 10.9. The van der Waals surface area contributed by atoms with Crippen molar-refractivity contribution >= 4 is 22.4 Å². The van der Waals surface area contributed by atoms with Gasteiger partial charge in [0.15, 0.2) is 5.13 Å². The van der Waals surface area contributed by atoms with Crippen LogP contribution in [-0.4, -0.2) is 27.7 Å². The number of hydrogen-bond donors (Lipinski definition) is 3. The molecular weight excluding hydrogens is 283 g/mol. The second-order valence-electron chi connectivity index (χ2n) is 3.61. The number of aliphatic hydroxyl groups is 1. The molecule has 0 atom stereocenters. The number of benzene rings is 1. The molecule has 102 valence electrons. The molecule has 2 rings (SSSR count). The summed E-state index contributed by atoms with van der Waals surface area (Å²) in [5.41, 5.74) is -0.194. The van der Waals surface area contributed by atoms with Crippen LogP contribution in [0.5, 0.6) is 5.75 Å². The van der Waals surface area contributed by atoms with Gasteiger partial charge in [0.05, 0.1) is 16.6 Å². The van der Waals surface area contributed by atoms with E-state index in [1.54, 1.807) is 0 Å². The highest BCUT2D eigenvalue weighted by atomic mass is 32.1. The van der Waals surface area contributed by atoms with Crippen molar-refractivity contribution in [1.29, 1.82) is 0 Å². The third-order valence-corrected chi connectivity index (χ3v) is 3.04. The number of phenolic OH excluding ortho intramolecular Hbond substituents is 1. The Hall–Kier alpha value is -2.43. The summed E-state index contributed by atoms with van der Waals surface area (Å²) in [6.45, 7) is -0.266. The summed E-state index contributed by atoms with van der Waals surface area (Å²) in [4.78, 5) is 16.3.